The van der Waals surface area contributed by atoms with E-state index in [4.69, 9.17) is 0 Å². The van der Waals surface area contributed by atoms with Crippen LogP contribution in [0, 0.1) is 11.3 Å². The molecule has 3 aliphatic heterocycles. The highest BCUT2D eigenvalue weighted by Gasteiger charge is 2.40. The maximum absolute atomic E-state index is 12.7. The van der Waals surface area contributed by atoms with Crippen molar-refractivity contribution < 1.29 is 18.0 Å². The molecule has 0 bridgehead atoms. The van der Waals surface area contributed by atoms with Crippen LogP contribution in [0.15, 0.2) is 0 Å². The molecule has 3 heterocycles. The molecule has 0 aromatic carbocycles. The molecule has 0 radical (unpaired) electrons. The molecule has 4 nitrogen and oxygen atoms in total. The molecule has 3 saturated heterocycles. The molecule has 1 unspecified atom stereocenters. The van der Waals surface area contributed by atoms with E-state index in [1.165, 1.54) is 11.3 Å². The lowest BCUT2D eigenvalue weighted by molar-refractivity contribution is -0.155. The number of nitrogens with one attached hydrogen (secondary N) is 1. The summed E-state index contributed by atoms with van der Waals surface area (Å²) in [6.45, 7) is 3.42. The minimum Gasteiger partial charge on any atom is -0.342 e. The van der Waals surface area contributed by atoms with Crippen LogP contribution in [0.5, 0.6) is 0 Å². The summed E-state index contributed by atoms with van der Waals surface area (Å²) in [4.78, 5) is 16.0. The molecule has 1 spiro atoms. The van der Waals surface area contributed by atoms with Crippen molar-refractivity contribution in [1.82, 2.24) is 15.1 Å². The number of carbonyl (C=O) groups is 1. The van der Waals surface area contributed by atoms with Gasteiger partial charge in [0.15, 0.2) is 0 Å². The lowest BCUT2D eigenvalue weighted by Gasteiger charge is -2.41. The number of piperidine rings is 2. The highest BCUT2D eigenvalue weighted by atomic mass is 19.4. The van der Waals surface area contributed by atoms with Crippen LogP contribution < -0.4 is 5.32 Å². The second-order valence-corrected chi connectivity index (χ2v) is 7.44. The third kappa shape index (κ3) is 4.18. The third-order valence-corrected chi connectivity index (χ3v) is 5.73. The lowest BCUT2D eigenvalue weighted by Crippen LogP contribution is -2.50. The quantitative estimate of drug-likeness (QED) is 0.838. The van der Waals surface area contributed by atoms with Crippen LogP contribution in [0.1, 0.15) is 32.1 Å². The highest BCUT2D eigenvalue weighted by molar-refractivity contribution is 5.79. The first-order chi connectivity index (χ1) is 10.9. The predicted molar refractivity (Wildman–Crippen MR) is 81.0 cm³/mol. The summed E-state index contributed by atoms with van der Waals surface area (Å²) in [6.07, 6.45) is 0.426. The van der Waals surface area contributed by atoms with Gasteiger partial charge in [-0.25, -0.2) is 0 Å². The molecule has 7 heteroatoms. The standard InChI is InChI=1S/C16H26F3N3O/c17-16(18,19)12-21-7-1-2-13(10-21)14(23)22-8-4-15(5-9-22)3-6-20-11-15/h13,20H,1-12H2. The number of hydrogen-bond acceptors (Lipinski definition) is 3. The van der Waals surface area contributed by atoms with Crippen LogP contribution in [0.4, 0.5) is 13.2 Å². The van der Waals surface area contributed by atoms with Gasteiger partial charge in [0.25, 0.3) is 0 Å². The summed E-state index contributed by atoms with van der Waals surface area (Å²) >= 11 is 0. The van der Waals surface area contributed by atoms with E-state index in [1.54, 1.807) is 0 Å². The number of nitrogens with zero attached hydrogens (tertiary/aromatic N) is 2. The average Bonchev–Trinajstić information content (AvgIpc) is 2.94. The number of rotatable bonds is 2. The molecule has 0 saturated carbocycles. The molecular weight excluding hydrogens is 307 g/mol. The summed E-state index contributed by atoms with van der Waals surface area (Å²) in [5.74, 6) is -0.195. The van der Waals surface area contributed by atoms with E-state index in [1.807, 2.05) is 4.90 Å². The number of likely N-dealkylation sites (tertiary alicyclic amines) is 2. The largest absolute Gasteiger partial charge is 0.401 e. The van der Waals surface area contributed by atoms with Gasteiger partial charge >= 0.3 is 6.18 Å². The van der Waals surface area contributed by atoms with E-state index in [9.17, 15) is 18.0 Å². The predicted octanol–water partition coefficient (Wildman–Crippen LogP) is 1.86. The van der Waals surface area contributed by atoms with Gasteiger partial charge in [-0.2, -0.15) is 13.2 Å². The van der Waals surface area contributed by atoms with Crippen LogP contribution in [-0.2, 0) is 4.79 Å². The molecule has 3 aliphatic rings. The summed E-state index contributed by atoms with van der Waals surface area (Å²) < 4.78 is 37.6. The van der Waals surface area contributed by atoms with E-state index >= 15 is 0 Å². The van der Waals surface area contributed by atoms with E-state index in [0.717, 1.165) is 45.4 Å². The van der Waals surface area contributed by atoms with Gasteiger partial charge in [0.2, 0.25) is 5.91 Å². The summed E-state index contributed by atoms with van der Waals surface area (Å²) in [5, 5.41) is 3.40. The Kier molecular flexibility index (Phi) is 4.88. The van der Waals surface area contributed by atoms with Crippen LogP contribution in [0.25, 0.3) is 0 Å². The van der Waals surface area contributed by atoms with Crippen LogP contribution in [-0.4, -0.2) is 67.7 Å². The zero-order chi connectivity index (χ0) is 16.5. The molecule has 1 N–H and O–H groups in total. The fraction of sp³-hybridized carbons (Fsp3) is 0.938. The van der Waals surface area contributed by atoms with Crippen LogP contribution >= 0.6 is 0 Å². The Balaban J connectivity index is 1.52. The second-order valence-electron chi connectivity index (χ2n) is 7.44. The number of hydrogen-bond donors (Lipinski definition) is 1. The molecule has 1 atom stereocenters. The Morgan fingerprint density at radius 3 is 2.52 bits per heavy atom. The third-order valence-electron chi connectivity index (χ3n) is 5.73. The zero-order valence-corrected chi connectivity index (χ0v) is 13.5. The van der Waals surface area contributed by atoms with Gasteiger partial charge in [-0.15, -0.1) is 0 Å². The zero-order valence-electron chi connectivity index (χ0n) is 13.5. The van der Waals surface area contributed by atoms with Crippen molar-refractivity contribution in [2.24, 2.45) is 11.3 Å². The topological polar surface area (TPSA) is 35.6 Å². The normalized spacial score (nSPS) is 29.2. The van der Waals surface area contributed by atoms with Crippen LogP contribution in [0.2, 0.25) is 0 Å². The van der Waals surface area contributed by atoms with E-state index in [0.29, 0.717) is 18.4 Å². The van der Waals surface area contributed by atoms with Crippen molar-refractivity contribution in [2.45, 2.75) is 38.3 Å². The molecule has 3 fully saturated rings. The Morgan fingerprint density at radius 2 is 1.91 bits per heavy atom. The number of alkyl halides is 3. The summed E-state index contributed by atoms with van der Waals surface area (Å²) in [7, 11) is 0. The Labute approximate surface area is 135 Å². The molecule has 0 aliphatic carbocycles. The van der Waals surface area contributed by atoms with Crippen molar-refractivity contribution in [2.75, 3.05) is 45.8 Å². The minimum atomic E-state index is -4.18. The number of carbonyl (C=O) groups excluding carboxylic acids is 1. The fourth-order valence-electron chi connectivity index (χ4n) is 4.34. The Morgan fingerprint density at radius 1 is 1.17 bits per heavy atom. The molecule has 23 heavy (non-hydrogen) atoms. The first-order valence-electron chi connectivity index (χ1n) is 8.66. The van der Waals surface area contributed by atoms with Gasteiger partial charge in [-0.1, -0.05) is 0 Å². The second kappa shape index (κ2) is 6.59. The molecular formula is C16H26F3N3O. The van der Waals surface area contributed by atoms with Gasteiger partial charge in [0, 0.05) is 26.2 Å². The smallest absolute Gasteiger partial charge is 0.342 e. The fourth-order valence-corrected chi connectivity index (χ4v) is 4.34. The maximum Gasteiger partial charge on any atom is 0.401 e. The van der Waals surface area contributed by atoms with Crippen LogP contribution in [0.3, 0.4) is 0 Å². The van der Waals surface area contributed by atoms with Gasteiger partial charge in [0.05, 0.1) is 12.5 Å². The van der Waals surface area contributed by atoms with E-state index in [2.05, 4.69) is 5.32 Å². The van der Waals surface area contributed by atoms with Gasteiger partial charge < -0.3 is 10.2 Å². The van der Waals surface area contributed by atoms with Crippen molar-refractivity contribution in [1.29, 1.82) is 0 Å². The average molecular weight is 333 g/mol. The maximum atomic E-state index is 12.7. The summed E-state index contributed by atoms with van der Waals surface area (Å²) in [6, 6.07) is 0. The highest BCUT2D eigenvalue weighted by Crippen LogP contribution is 2.37. The molecule has 0 aromatic rings. The van der Waals surface area contributed by atoms with Crippen molar-refractivity contribution in [3.8, 4) is 0 Å². The summed E-state index contributed by atoms with van der Waals surface area (Å²) in [5.41, 5.74) is 0.353. The molecule has 0 aromatic heterocycles. The molecule has 3 rings (SSSR count). The monoisotopic (exact) mass is 333 g/mol. The van der Waals surface area contributed by atoms with Gasteiger partial charge in [-0.05, 0) is 50.6 Å². The molecule has 1 amide bonds. The van der Waals surface area contributed by atoms with Gasteiger partial charge in [-0.3, -0.25) is 9.69 Å². The van der Waals surface area contributed by atoms with E-state index < -0.39 is 12.7 Å². The number of amides is 1. The molecule has 132 valence electrons. The van der Waals surface area contributed by atoms with E-state index in [-0.39, 0.29) is 18.4 Å². The van der Waals surface area contributed by atoms with Crippen molar-refractivity contribution >= 4 is 5.91 Å². The first-order valence-corrected chi connectivity index (χ1v) is 8.66. The van der Waals surface area contributed by atoms with Crippen molar-refractivity contribution in [3.63, 3.8) is 0 Å². The first kappa shape index (κ1) is 17.0. The van der Waals surface area contributed by atoms with Crippen molar-refractivity contribution in [3.05, 3.63) is 0 Å². The minimum absolute atomic E-state index is 0.0673. The lowest BCUT2D eigenvalue weighted by atomic mass is 9.77. The van der Waals surface area contributed by atoms with Gasteiger partial charge in [0.1, 0.15) is 0 Å². The SMILES string of the molecule is O=C(C1CCCN(CC(F)(F)F)C1)N1CCC2(CCNC2)CC1. The Hall–Kier alpha value is -0.820. The Bertz CT molecular complexity index is 425. The number of halogens is 3.